The molecule has 0 radical (unpaired) electrons. The molecule has 0 aliphatic carbocycles. The molecule has 1 amide bonds. The van der Waals surface area contributed by atoms with Crippen LogP contribution in [0.2, 0.25) is 10.0 Å². The Morgan fingerprint density at radius 2 is 2.17 bits per heavy atom. The zero-order chi connectivity index (χ0) is 17.7. The van der Waals surface area contributed by atoms with Crippen molar-refractivity contribution in [2.24, 2.45) is 0 Å². The lowest BCUT2D eigenvalue weighted by atomic mass is 9.97. The van der Waals surface area contributed by atoms with Gasteiger partial charge in [-0.05, 0) is 51.4 Å². The maximum Gasteiger partial charge on any atom is 0.222 e. The van der Waals surface area contributed by atoms with Gasteiger partial charge in [-0.15, -0.1) is 0 Å². The third kappa shape index (κ3) is 5.27. The molecule has 2 rings (SSSR count). The number of hydrogen-bond donors (Lipinski definition) is 0. The topological polar surface area (TPSA) is 32.8 Å². The number of rotatable bonds is 6. The fraction of sp³-hybridized carbons (Fsp3) is 0.611. The van der Waals surface area contributed by atoms with Gasteiger partial charge in [-0.2, -0.15) is 0 Å². The quantitative estimate of drug-likeness (QED) is 0.704. The molecule has 0 aromatic heterocycles. The van der Waals surface area contributed by atoms with E-state index in [0.29, 0.717) is 47.3 Å². The second-order valence-corrected chi connectivity index (χ2v) is 7.38. The number of benzene rings is 1. The molecule has 1 aromatic rings. The zero-order valence-corrected chi connectivity index (χ0v) is 16.1. The minimum absolute atomic E-state index is 0.183. The summed E-state index contributed by atoms with van der Waals surface area (Å²) in [6.07, 6.45) is 3.24. The van der Waals surface area contributed by atoms with Crippen molar-refractivity contribution >= 4 is 29.1 Å². The van der Waals surface area contributed by atoms with Crippen molar-refractivity contribution in [3.8, 4) is 5.75 Å². The van der Waals surface area contributed by atoms with Crippen LogP contribution in [0.25, 0.3) is 0 Å². The number of ether oxygens (including phenoxy) is 1. The number of amides is 1. The molecule has 0 unspecified atom stereocenters. The van der Waals surface area contributed by atoms with E-state index < -0.39 is 0 Å². The SMILES string of the molecule is C[C@@H]1C[C@@H](N(C)C(=O)CCCOc2ccc(Cl)cc2Cl)CCN1C. The zero-order valence-electron chi connectivity index (χ0n) is 14.6. The van der Waals surface area contributed by atoms with Crippen molar-refractivity contribution in [2.45, 2.75) is 44.7 Å². The van der Waals surface area contributed by atoms with E-state index in [1.54, 1.807) is 18.2 Å². The molecule has 1 saturated heterocycles. The molecule has 0 spiro atoms. The Morgan fingerprint density at radius 3 is 2.83 bits per heavy atom. The molecular formula is C18H26Cl2N2O2. The average molecular weight is 373 g/mol. The van der Waals surface area contributed by atoms with Crippen LogP contribution in [0.5, 0.6) is 5.75 Å². The lowest BCUT2D eigenvalue weighted by Crippen LogP contribution is -2.48. The largest absolute Gasteiger partial charge is 0.492 e. The third-order valence-corrected chi connectivity index (χ3v) is 5.34. The number of nitrogens with zero attached hydrogens (tertiary/aromatic N) is 2. The Hall–Kier alpha value is -0.970. The summed E-state index contributed by atoms with van der Waals surface area (Å²) in [6, 6.07) is 6.00. The lowest BCUT2D eigenvalue weighted by Gasteiger charge is -2.39. The summed E-state index contributed by atoms with van der Waals surface area (Å²) in [4.78, 5) is 16.6. The maximum atomic E-state index is 12.4. The van der Waals surface area contributed by atoms with Crippen LogP contribution >= 0.6 is 23.2 Å². The van der Waals surface area contributed by atoms with Gasteiger partial charge < -0.3 is 14.5 Å². The smallest absolute Gasteiger partial charge is 0.222 e. The van der Waals surface area contributed by atoms with Gasteiger partial charge in [-0.3, -0.25) is 4.79 Å². The van der Waals surface area contributed by atoms with E-state index in [0.717, 1.165) is 19.4 Å². The van der Waals surface area contributed by atoms with Gasteiger partial charge in [0.05, 0.1) is 11.6 Å². The van der Waals surface area contributed by atoms with Crippen LogP contribution in [0.4, 0.5) is 0 Å². The highest BCUT2D eigenvalue weighted by molar-refractivity contribution is 6.35. The Bertz CT molecular complexity index is 568. The molecule has 1 fully saturated rings. The number of hydrogen-bond acceptors (Lipinski definition) is 3. The predicted molar refractivity (Wildman–Crippen MR) is 99.1 cm³/mol. The van der Waals surface area contributed by atoms with Crippen LogP contribution in [0, 0.1) is 0 Å². The number of carbonyl (C=O) groups excluding carboxylic acids is 1. The standard InChI is InChI=1S/C18H26Cl2N2O2/c1-13-11-15(8-9-21(13)2)22(3)18(23)5-4-10-24-17-7-6-14(19)12-16(17)20/h6-7,12-13,15H,4-5,8-11H2,1-3H3/t13-,15+/m1/s1. The summed E-state index contributed by atoms with van der Waals surface area (Å²) in [7, 11) is 4.06. The lowest BCUT2D eigenvalue weighted by molar-refractivity contribution is -0.133. The average Bonchev–Trinajstić information content (AvgIpc) is 2.54. The summed E-state index contributed by atoms with van der Waals surface area (Å²) in [6.45, 7) is 3.72. The normalized spacial score (nSPS) is 21.5. The molecule has 4 nitrogen and oxygen atoms in total. The van der Waals surface area contributed by atoms with Crippen LogP contribution in [0.15, 0.2) is 18.2 Å². The minimum Gasteiger partial charge on any atom is -0.492 e. The molecule has 6 heteroatoms. The maximum absolute atomic E-state index is 12.4. The van der Waals surface area contributed by atoms with Gasteiger partial charge in [0.25, 0.3) is 0 Å². The Kier molecular flexibility index (Phi) is 7.20. The monoisotopic (exact) mass is 372 g/mol. The summed E-state index contributed by atoms with van der Waals surface area (Å²) < 4.78 is 5.63. The summed E-state index contributed by atoms with van der Waals surface area (Å²) in [5.74, 6) is 0.786. The van der Waals surface area contributed by atoms with Crippen LogP contribution in [0.1, 0.15) is 32.6 Å². The van der Waals surface area contributed by atoms with Crippen molar-refractivity contribution in [2.75, 3.05) is 27.2 Å². The van der Waals surface area contributed by atoms with Crippen molar-refractivity contribution < 1.29 is 9.53 Å². The molecule has 0 N–H and O–H groups in total. The second-order valence-electron chi connectivity index (χ2n) is 6.54. The van der Waals surface area contributed by atoms with Gasteiger partial charge in [-0.25, -0.2) is 0 Å². The van der Waals surface area contributed by atoms with Gasteiger partial charge in [0, 0.05) is 37.1 Å². The van der Waals surface area contributed by atoms with E-state index in [-0.39, 0.29) is 5.91 Å². The third-order valence-electron chi connectivity index (χ3n) is 4.81. The molecule has 0 bridgehead atoms. The highest BCUT2D eigenvalue weighted by Crippen LogP contribution is 2.27. The fourth-order valence-electron chi connectivity index (χ4n) is 2.99. The molecule has 24 heavy (non-hydrogen) atoms. The van der Waals surface area contributed by atoms with E-state index in [9.17, 15) is 4.79 Å². The Labute approximate surface area is 154 Å². The van der Waals surface area contributed by atoms with Crippen molar-refractivity contribution in [3.05, 3.63) is 28.2 Å². The second kappa shape index (κ2) is 8.93. The molecular weight excluding hydrogens is 347 g/mol. The summed E-state index contributed by atoms with van der Waals surface area (Å²) in [5, 5.41) is 1.07. The summed E-state index contributed by atoms with van der Waals surface area (Å²) >= 11 is 11.9. The van der Waals surface area contributed by atoms with Crippen molar-refractivity contribution in [1.29, 1.82) is 0 Å². The van der Waals surface area contributed by atoms with Gasteiger partial charge in [0.1, 0.15) is 5.75 Å². The van der Waals surface area contributed by atoms with Gasteiger partial charge in [0.15, 0.2) is 0 Å². The first-order chi connectivity index (χ1) is 11.4. The fourth-order valence-corrected chi connectivity index (χ4v) is 3.46. The molecule has 0 saturated carbocycles. The van der Waals surface area contributed by atoms with Gasteiger partial charge in [0.2, 0.25) is 5.91 Å². The molecule has 134 valence electrons. The van der Waals surface area contributed by atoms with Crippen molar-refractivity contribution in [3.63, 3.8) is 0 Å². The summed E-state index contributed by atoms with van der Waals surface area (Å²) in [5.41, 5.74) is 0. The highest BCUT2D eigenvalue weighted by Gasteiger charge is 2.27. The van der Waals surface area contributed by atoms with Crippen LogP contribution in [-0.4, -0.2) is 55.0 Å². The molecule has 1 aliphatic rings. The van der Waals surface area contributed by atoms with E-state index in [1.165, 1.54) is 0 Å². The highest BCUT2D eigenvalue weighted by atomic mass is 35.5. The number of piperidine rings is 1. The number of likely N-dealkylation sites (tertiary alicyclic amines) is 1. The van der Waals surface area contributed by atoms with E-state index in [1.807, 2.05) is 11.9 Å². The molecule has 1 aliphatic heterocycles. The van der Waals surface area contributed by atoms with E-state index in [4.69, 9.17) is 27.9 Å². The van der Waals surface area contributed by atoms with Gasteiger partial charge in [-0.1, -0.05) is 23.2 Å². The first-order valence-electron chi connectivity index (χ1n) is 8.42. The molecule has 2 atom stereocenters. The van der Waals surface area contributed by atoms with Crippen LogP contribution < -0.4 is 4.74 Å². The minimum atomic E-state index is 0.183. The first-order valence-corrected chi connectivity index (χ1v) is 9.18. The van der Waals surface area contributed by atoms with E-state index >= 15 is 0 Å². The van der Waals surface area contributed by atoms with Gasteiger partial charge >= 0.3 is 0 Å². The Morgan fingerprint density at radius 1 is 1.42 bits per heavy atom. The number of halogens is 2. The first kappa shape index (κ1) is 19.4. The molecule has 1 heterocycles. The Balaban J connectivity index is 1.72. The molecule has 1 aromatic carbocycles. The van der Waals surface area contributed by atoms with Crippen LogP contribution in [0.3, 0.4) is 0 Å². The predicted octanol–water partition coefficient (Wildman–Crippen LogP) is 4.09. The van der Waals surface area contributed by atoms with Crippen molar-refractivity contribution in [1.82, 2.24) is 9.80 Å². The van der Waals surface area contributed by atoms with Crippen LogP contribution in [-0.2, 0) is 4.79 Å². The number of carbonyl (C=O) groups is 1. The van der Waals surface area contributed by atoms with E-state index in [2.05, 4.69) is 18.9 Å².